The Morgan fingerprint density at radius 3 is 2.64 bits per heavy atom. The summed E-state index contributed by atoms with van der Waals surface area (Å²) in [4.78, 5) is 11.0. The average molecular weight is 191 g/mol. The zero-order valence-corrected chi connectivity index (χ0v) is 8.07. The molecule has 0 saturated carbocycles. The van der Waals surface area contributed by atoms with Crippen molar-refractivity contribution in [2.24, 2.45) is 0 Å². The van der Waals surface area contributed by atoms with E-state index in [-0.39, 0.29) is 5.91 Å². The van der Waals surface area contributed by atoms with Gasteiger partial charge < -0.3 is 10.1 Å². The second-order valence-corrected chi connectivity index (χ2v) is 2.74. The minimum absolute atomic E-state index is 0.249. The molecule has 1 aromatic rings. The molecule has 0 radical (unpaired) electrons. The van der Waals surface area contributed by atoms with E-state index in [1.54, 1.807) is 7.11 Å². The van der Waals surface area contributed by atoms with Gasteiger partial charge in [0, 0.05) is 12.7 Å². The van der Waals surface area contributed by atoms with Crippen LogP contribution in [0.5, 0.6) is 0 Å². The summed E-state index contributed by atoms with van der Waals surface area (Å²) in [6.07, 6.45) is 0.802. The highest BCUT2D eigenvalue weighted by molar-refractivity contribution is 5.87. The number of hydrogen-bond donors (Lipinski definition) is 1. The third kappa shape index (κ3) is 2.71. The molecular weight excluding hydrogens is 178 g/mol. The molecule has 0 aliphatic heterocycles. The van der Waals surface area contributed by atoms with E-state index in [0.717, 1.165) is 5.56 Å². The number of hydrogen-bond acceptors (Lipinski definition) is 2. The molecule has 0 aliphatic carbocycles. The molecule has 0 saturated heterocycles. The fraction of sp³-hybridized carbons (Fsp3) is 0.182. The van der Waals surface area contributed by atoms with Gasteiger partial charge in [0.15, 0.2) is 6.23 Å². The lowest BCUT2D eigenvalue weighted by Gasteiger charge is -2.16. The van der Waals surface area contributed by atoms with E-state index in [2.05, 4.69) is 11.9 Å². The zero-order valence-electron chi connectivity index (χ0n) is 8.07. The fourth-order valence-corrected chi connectivity index (χ4v) is 1.09. The van der Waals surface area contributed by atoms with Gasteiger partial charge >= 0.3 is 0 Å². The summed E-state index contributed by atoms with van der Waals surface area (Å²) >= 11 is 0. The molecule has 0 fully saturated rings. The lowest BCUT2D eigenvalue weighted by molar-refractivity contribution is -0.120. The maximum atomic E-state index is 11.0. The van der Waals surface area contributed by atoms with Crippen molar-refractivity contribution in [1.82, 2.24) is 5.32 Å². The minimum Gasteiger partial charge on any atom is -0.357 e. The van der Waals surface area contributed by atoms with Gasteiger partial charge in [-0.3, -0.25) is 4.79 Å². The Labute approximate surface area is 83.4 Å². The molecule has 1 rings (SSSR count). The van der Waals surface area contributed by atoms with Crippen molar-refractivity contribution in [3.63, 3.8) is 0 Å². The van der Waals surface area contributed by atoms with Crippen LogP contribution in [0.3, 0.4) is 0 Å². The number of ether oxygens (including phenoxy) is 1. The Kier molecular flexibility index (Phi) is 3.88. The van der Waals surface area contributed by atoms with Gasteiger partial charge in [0.1, 0.15) is 0 Å². The van der Waals surface area contributed by atoms with Crippen molar-refractivity contribution in [2.45, 2.75) is 6.23 Å². The first-order valence-corrected chi connectivity index (χ1v) is 4.28. The highest BCUT2D eigenvalue weighted by Gasteiger charge is 2.10. The van der Waals surface area contributed by atoms with E-state index in [9.17, 15) is 4.79 Å². The van der Waals surface area contributed by atoms with E-state index in [0.29, 0.717) is 0 Å². The van der Waals surface area contributed by atoms with Crippen LogP contribution < -0.4 is 5.32 Å². The van der Waals surface area contributed by atoms with E-state index < -0.39 is 6.23 Å². The molecule has 1 unspecified atom stereocenters. The van der Waals surface area contributed by atoms with Crippen LogP contribution in [0.2, 0.25) is 0 Å². The lowest BCUT2D eigenvalue weighted by Crippen LogP contribution is -2.27. The Morgan fingerprint density at radius 2 is 2.14 bits per heavy atom. The van der Waals surface area contributed by atoms with Crippen molar-refractivity contribution in [2.75, 3.05) is 7.11 Å². The Balaban J connectivity index is 2.72. The van der Waals surface area contributed by atoms with Gasteiger partial charge in [-0.25, -0.2) is 0 Å². The third-order valence-corrected chi connectivity index (χ3v) is 1.80. The smallest absolute Gasteiger partial charge is 0.245 e. The highest BCUT2D eigenvalue weighted by atomic mass is 16.5. The molecular formula is C11H13NO2. The molecule has 1 amide bonds. The summed E-state index contributed by atoms with van der Waals surface area (Å²) in [7, 11) is 1.54. The summed E-state index contributed by atoms with van der Waals surface area (Å²) in [6, 6.07) is 9.46. The molecule has 0 aromatic heterocycles. The van der Waals surface area contributed by atoms with Crippen LogP contribution in [-0.2, 0) is 9.53 Å². The quantitative estimate of drug-likeness (QED) is 0.580. The zero-order chi connectivity index (χ0) is 10.4. The van der Waals surface area contributed by atoms with Crippen LogP contribution in [0.25, 0.3) is 0 Å². The van der Waals surface area contributed by atoms with Gasteiger partial charge in [0.2, 0.25) is 5.91 Å². The summed E-state index contributed by atoms with van der Waals surface area (Å²) in [6.45, 7) is 3.37. The van der Waals surface area contributed by atoms with E-state index in [1.807, 2.05) is 30.3 Å². The van der Waals surface area contributed by atoms with Crippen LogP contribution in [0.15, 0.2) is 43.0 Å². The van der Waals surface area contributed by atoms with Crippen molar-refractivity contribution < 1.29 is 9.53 Å². The number of carbonyl (C=O) groups excluding carboxylic acids is 1. The van der Waals surface area contributed by atoms with Crippen LogP contribution in [0.1, 0.15) is 11.8 Å². The van der Waals surface area contributed by atoms with E-state index >= 15 is 0 Å². The first kappa shape index (κ1) is 10.5. The number of benzene rings is 1. The Morgan fingerprint density at radius 1 is 1.50 bits per heavy atom. The number of rotatable bonds is 4. The Bertz CT molecular complexity index is 308. The van der Waals surface area contributed by atoms with Gasteiger partial charge in [-0.15, -0.1) is 0 Å². The molecule has 3 nitrogen and oxygen atoms in total. The molecule has 0 heterocycles. The molecule has 1 N–H and O–H groups in total. The lowest BCUT2D eigenvalue weighted by atomic mass is 10.2. The summed E-state index contributed by atoms with van der Waals surface area (Å²) in [5, 5.41) is 2.65. The molecule has 14 heavy (non-hydrogen) atoms. The number of methoxy groups -OCH3 is 1. The van der Waals surface area contributed by atoms with Gasteiger partial charge in [-0.1, -0.05) is 36.9 Å². The number of amides is 1. The molecule has 1 atom stereocenters. The van der Waals surface area contributed by atoms with Crippen molar-refractivity contribution in [3.05, 3.63) is 48.6 Å². The van der Waals surface area contributed by atoms with Crippen molar-refractivity contribution in [1.29, 1.82) is 0 Å². The predicted octanol–water partition coefficient (Wildman–Crippen LogP) is 1.63. The van der Waals surface area contributed by atoms with E-state index in [1.165, 1.54) is 6.08 Å². The van der Waals surface area contributed by atoms with Crippen molar-refractivity contribution in [3.8, 4) is 0 Å². The fourth-order valence-electron chi connectivity index (χ4n) is 1.09. The third-order valence-electron chi connectivity index (χ3n) is 1.80. The van der Waals surface area contributed by atoms with E-state index in [4.69, 9.17) is 4.74 Å². The maximum absolute atomic E-state index is 11.0. The Hall–Kier alpha value is -1.61. The monoisotopic (exact) mass is 191 g/mol. The first-order chi connectivity index (χ1) is 6.77. The highest BCUT2D eigenvalue weighted by Crippen LogP contribution is 2.12. The minimum atomic E-state index is -0.415. The summed E-state index contributed by atoms with van der Waals surface area (Å²) in [5.74, 6) is -0.249. The topological polar surface area (TPSA) is 38.3 Å². The number of carbonyl (C=O) groups is 1. The molecule has 74 valence electrons. The van der Waals surface area contributed by atoms with Gasteiger partial charge in [-0.05, 0) is 6.08 Å². The molecule has 1 aromatic carbocycles. The second-order valence-electron chi connectivity index (χ2n) is 2.74. The summed E-state index contributed by atoms with van der Waals surface area (Å²) in [5.41, 5.74) is 0.908. The van der Waals surface area contributed by atoms with Crippen LogP contribution in [0, 0.1) is 0 Å². The van der Waals surface area contributed by atoms with Crippen molar-refractivity contribution >= 4 is 5.91 Å². The standard InChI is InChI=1S/C11H13NO2/c1-3-10(13)12-11(14-2)9-7-5-4-6-8-9/h3-8,11H,1H2,2H3,(H,12,13). The van der Waals surface area contributed by atoms with Gasteiger partial charge in [0.25, 0.3) is 0 Å². The molecule has 3 heteroatoms. The number of nitrogens with one attached hydrogen (secondary N) is 1. The molecule has 0 spiro atoms. The van der Waals surface area contributed by atoms with Gasteiger partial charge in [0.05, 0.1) is 0 Å². The van der Waals surface area contributed by atoms with Crippen LogP contribution >= 0.6 is 0 Å². The second kappa shape index (κ2) is 5.19. The summed E-state index contributed by atoms with van der Waals surface area (Å²) < 4.78 is 5.13. The first-order valence-electron chi connectivity index (χ1n) is 4.28. The normalized spacial score (nSPS) is 11.8. The molecule has 0 aliphatic rings. The van der Waals surface area contributed by atoms with Crippen LogP contribution in [-0.4, -0.2) is 13.0 Å². The molecule has 0 bridgehead atoms. The van der Waals surface area contributed by atoms with Crippen LogP contribution in [0.4, 0.5) is 0 Å². The average Bonchev–Trinajstić information content (AvgIpc) is 2.26. The largest absolute Gasteiger partial charge is 0.357 e. The van der Waals surface area contributed by atoms with Gasteiger partial charge in [-0.2, -0.15) is 0 Å². The SMILES string of the molecule is C=CC(=O)NC(OC)c1ccccc1. The maximum Gasteiger partial charge on any atom is 0.245 e. The predicted molar refractivity (Wildman–Crippen MR) is 54.5 cm³/mol.